The summed E-state index contributed by atoms with van der Waals surface area (Å²) in [6.45, 7) is 11.1. The molecule has 4 nitrogen and oxygen atoms in total. The summed E-state index contributed by atoms with van der Waals surface area (Å²) in [7, 11) is 0. The Morgan fingerprint density at radius 3 is 2.34 bits per heavy atom. The van der Waals surface area contributed by atoms with Gasteiger partial charge in [-0.1, -0.05) is 47.0 Å². The van der Waals surface area contributed by atoms with Crippen molar-refractivity contribution in [1.82, 2.24) is 9.47 Å². The number of carbonyl (C=O) groups excluding carboxylic acids is 1. The molecule has 6 heteroatoms. The molecule has 4 aromatic rings. The highest BCUT2D eigenvalue weighted by atomic mass is 35.5. The van der Waals surface area contributed by atoms with Gasteiger partial charge in [0.1, 0.15) is 11.6 Å². The van der Waals surface area contributed by atoms with E-state index >= 15 is 0 Å². The minimum absolute atomic E-state index is 0.292. The first kappa shape index (κ1) is 24.8. The summed E-state index contributed by atoms with van der Waals surface area (Å²) in [5.41, 5.74) is 5.95. The van der Waals surface area contributed by atoms with Crippen molar-refractivity contribution in [3.05, 3.63) is 87.8 Å². The smallest absolute Gasteiger partial charge is 0.410 e. The highest BCUT2D eigenvalue weighted by molar-refractivity contribution is 6.31. The maximum atomic E-state index is 14.9. The van der Waals surface area contributed by atoms with Gasteiger partial charge in [-0.05, 0) is 70.0 Å². The van der Waals surface area contributed by atoms with Crippen molar-refractivity contribution in [3.63, 3.8) is 0 Å². The summed E-state index contributed by atoms with van der Waals surface area (Å²) in [5.74, 6) is 0.204. The van der Waals surface area contributed by atoms with E-state index in [-0.39, 0.29) is 11.9 Å². The van der Waals surface area contributed by atoms with E-state index in [1.54, 1.807) is 24.0 Å². The van der Waals surface area contributed by atoms with Crippen LogP contribution in [0.5, 0.6) is 5.75 Å². The van der Waals surface area contributed by atoms with Crippen LogP contribution in [0.2, 0.25) is 5.02 Å². The van der Waals surface area contributed by atoms with E-state index < -0.39 is 0 Å². The molecule has 4 rings (SSSR count). The zero-order chi connectivity index (χ0) is 25.3. The number of rotatable bonds is 6. The molecule has 0 aliphatic carbocycles. The second-order valence-corrected chi connectivity index (χ2v) is 9.30. The number of nitrogens with zero attached hydrogens (tertiary/aromatic N) is 2. The molecule has 0 radical (unpaired) electrons. The molecule has 35 heavy (non-hydrogen) atoms. The molecular weight excluding hydrogens is 463 g/mol. The molecule has 0 saturated carbocycles. The number of halogens is 2. The van der Waals surface area contributed by atoms with Crippen molar-refractivity contribution in [2.24, 2.45) is 0 Å². The number of aromatic nitrogens is 1. The molecule has 1 aromatic heterocycles. The van der Waals surface area contributed by atoms with Crippen LogP contribution >= 0.6 is 11.6 Å². The van der Waals surface area contributed by atoms with E-state index in [2.05, 4.69) is 18.2 Å². The number of amides is 1. The third kappa shape index (κ3) is 4.92. The predicted octanol–water partition coefficient (Wildman–Crippen LogP) is 7.91. The fraction of sp³-hybridized carbons (Fsp3) is 0.276. The molecule has 0 saturated heterocycles. The highest BCUT2D eigenvalue weighted by Crippen LogP contribution is 2.39. The van der Waals surface area contributed by atoms with Crippen LogP contribution in [-0.2, 0) is 6.54 Å². The van der Waals surface area contributed by atoms with Crippen LogP contribution in [-0.4, -0.2) is 28.6 Å². The van der Waals surface area contributed by atoms with Gasteiger partial charge in [0, 0.05) is 46.3 Å². The minimum Gasteiger partial charge on any atom is -0.410 e. The second-order valence-electron chi connectivity index (χ2n) is 8.89. The first-order chi connectivity index (χ1) is 16.7. The molecule has 182 valence electrons. The Morgan fingerprint density at radius 2 is 1.69 bits per heavy atom. The van der Waals surface area contributed by atoms with Crippen LogP contribution in [0.4, 0.5) is 9.18 Å². The van der Waals surface area contributed by atoms with E-state index in [1.807, 2.05) is 56.7 Å². The number of benzene rings is 3. The molecule has 3 aromatic carbocycles. The molecule has 1 heterocycles. The Bertz CT molecular complexity index is 1390. The maximum Gasteiger partial charge on any atom is 0.415 e. The number of hydrogen-bond donors (Lipinski definition) is 0. The lowest BCUT2D eigenvalue weighted by atomic mass is 9.97. The van der Waals surface area contributed by atoms with E-state index in [1.165, 1.54) is 0 Å². The molecule has 0 aliphatic heterocycles. The summed E-state index contributed by atoms with van der Waals surface area (Å²) < 4.78 is 22.8. The average Bonchev–Trinajstić information content (AvgIpc) is 3.22. The Kier molecular flexibility index (Phi) is 7.18. The van der Waals surface area contributed by atoms with E-state index in [0.717, 1.165) is 33.2 Å². The standard InChI is InChI=1S/C29H30ClFN2O2/c1-6-32(7-2)29(34)35-26-11-10-25-22(27(26)21-15-18(3)14-19(4)16-21)12-13-33(25)17-23-24(30)9-8-20(5)28(23)31/h8-16H,6-7,17H2,1-5H3. The van der Waals surface area contributed by atoms with Crippen LogP contribution in [0.1, 0.15) is 36.1 Å². The summed E-state index contributed by atoms with van der Waals surface area (Å²) in [6.07, 6.45) is 1.54. The van der Waals surface area contributed by atoms with E-state index in [9.17, 15) is 9.18 Å². The van der Waals surface area contributed by atoms with Crippen molar-refractivity contribution < 1.29 is 13.9 Å². The maximum absolute atomic E-state index is 14.9. The lowest BCUT2D eigenvalue weighted by Gasteiger charge is -2.20. The third-order valence-corrected chi connectivity index (χ3v) is 6.71. The zero-order valence-electron chi connectivity index (χ0n) is 20.8. The monoisotopic (exact) mass is 492 g/mol. The molecule has 0 spiro atoms. The molecular formula is C29H30ClFN2O2. The van der Waals surface area contributed by atoms with Crippen molar-refractivity contribution in [2.45, 2.75) is 41.2 Å². The number of fused-ring (bicyclic) bond motifs is 1. The summed E-state index contributed by atoms with van der Waals surface area (Å²) in [4.78, 5) is 14.5. The molecule has 0 fully saturated rings. The van der Waals surface area contributed by atoms with Crippen molar-refractivity contribution in [2.75, 3.05) is 13.1 Å². The van der Waals surface area contributed by atoms with Crippen LogP contribution < -0.4 is 4.74 Å². The number of carbonyl (C=O) groups is 1. The molecule has 0 bridgehead atoms. The quantitative estimate of drug-likeness (QED) is 0.274. The van der Waals surface area contributed by atoms with Gasteiger partial charge in [0.05, 0.1) is 6.54 Å². The SMILES string of the molecule is CCN(CC)C(=O)Oc1ccc2c(ccn2Cc2c(Cl)ccc(C)c2F)c1-c1cc(C)cc(C)c1. The topological polar surface area (TPSA) is 34.5 Å². The molecule has 0 atom stereocenters. The first-order valence-corrected chi connectivity index (χ1v) is 12.2. The summed E-state index contributed by atoms with van der Waals surface area (Å²) in [6, 6.07) is 15.4. The van der Waals surface area contributed by atoms with Gasteiger partial charge < -0.3 is 14.2 Å². The minimum atomic E-state index is -0.381. The largest absolute Gasteiger partial charge is 0.415 e. The Labute approximate surface area is 210 Å². The van der Waals surface area contributed by atoms with Crippen molar-refractivity contribution >= 4 is 28.6 Å². The highest BCUT2D eigenvalue weighted by Gasteiger charge is 2.20. The third-order valence-electron chi connectivity index (χ3n) is 6.35. The summed E-state index contributed by atoms with van der Waals surface area (Å²) in [5, 5.41) is 1.32. The number of ether oxygens (including phenoxy) is 1. The van der Waals surface area contributed by atoms with Gasteiger partial charge >= 0.3 is 6.09 Å². The molecule has 0 N–H and O–H groups in total. The van der Waals surface area contributed by atoms with Gasteiger partial charge in [-0.15, -0.1) is 0 Å². The molecule has 0 unspecified atom stereocenters. The Balaban J connectivity index is 1.88. The van der Waals surface area contributed by atoms with Gasteiger partial charge in [-0.3, -0.25) is 0 Å². The Hall–Kier alpha value is -3.31. The van der Waals surface area contributed by atoms with Gasteiger partial charge in [-0.25, -0.2) is 9.18 Å². The van der Waals surface area contributed by atoms with Gasteiger partial charge in [0.25, 0.3) is 0 Å². The number of aryl methyl sites for hydroxylation is 3. The summed E-state index contributed by atoms with van der Waals surface area (Å²) >= 11 is 6.36. The van der Waals surface area contributed by atoms with Crippen LogP contribution in [0.25, 0.3) is 22.0 Å². The lowest BCUT2D eigenvalue weighted by Crippen LogP contribution is -2.33. The van der Waals surface area contributed by atoms with Crippen LogP contribution in [0.15, 0.2) is 54.7 Å². The van der Waals surface area contributed by atoms with Crippen molar-refractivity contribution in [1.29, 1.82) is 0 Å². The van der Waals surface area contributed by atoms with Gasteiger partial charge in [0.2, 0.25) is 0 Å². The van der Waals surface area contributed by atoms with Crippen molar-refractivity contribution in [3.8, 4) is 16.9 Å². The predicted molar refractivity (Wildman–Crippen MR) is 141 cm³/mol. The lowest BCUT2D eigenvalue weighted by molar-refractivity contribution is 0.157. The second kappa shape index (κ2) is 10.1. The molecule has 1 amide bonds. The molecule has 0 aliphatic rings. The Morgan fingerprint density at radius 1 is 1.00 bits per heavy atom. The van der Waals surface area contributed by atoms with E-state index in [4.69, 9.17) is 16.3 Å². The van der Waals surface area contributed by atoms with Crippen LogP contribution in [0, 0.1) is 26.6 Å². The fourth-order valence-corrected chi connectivity index (χ4v) is 4.77. The normalized spacial score (nSPS) is 11.2. The van der Waals surface area contributed by atoms with Gasteiger partial charge in [0.15, 0.2) is 0 Å². The zero-order valence-corrected chi connectivity index (χ0v) is 21.5. The van der Waals surface area contributed by atoms with E-state index in [0.29, 0.717) is 41.5 Å². The number of hydrogen-bond acceptors (Lipinski definition) is 2. The fourth-order valence-electron chi connectivity index (χ4n) is 4.56. The first-order valence-electron chi connectivity index (χ1n) is 11.8. The van der Waals surface area contributed by atoms with Crippen LogP contribution in [0.3, 0.4) is 0 Å². The average molecular weight is 493 g/mol. The van der Waals surface area contributed by atoms with Gasteiger partial charge in [-0.2, -0.15) is 0 Å².